The van der Waals surface area contributed by atoms with E-state index in [-0.39, 0.29) is 48.6 Å². The van der Waals surface area contributed by atoms with Crippen LogP contribution >= 0.6 is 12.4 Å². The van der Waals surface area contributed by atoms with Crippen molar-refractivity contribution in [1.29, 1.82) is 0 Å². The van der Waals surface area contributed by atoms with E-state index in [4.69, 9.17) is 36.4 Å². The molecule has 0 saturated heterocycles. The van der Waals surface area contributed by atoms with Crippen molar-refractivity contribution in [3.8, 4) is 5.75 Å². The van der Waals surface area contributed by atoms with Gasteiger partial charge in [0.15, 0.2) is 0 Å². The normalized spacial score (nSPS) is 31.5. The summed E-state index contributed by atoms with van der Waals surface area (Å²) < 4.78 is 110. The standard InChI is InChI=1S/C24H35N3O5.ClH/c1-16(2)22(25)23(28)26-11-12-27-24(29)32-19-9-7-17(8-10-19)5-6-18-13-20(30-3)15-21(14-18)31-4;/h5-10,13,16,18,21-22H,11-12,14-15,25H2,1-4H3,(H,26,28)(H,27,29);1H/b6-5+;/i3D3,4D3,5D,6D,14D2,18D,21D;. The molecule has 1 aromatic carbocycles. The van der Waals surface area contributed by atoms with Crippen LogP contribution < -0.4 is 21.1 Å². The third-order valence-corrected chi connectivity index (χ3v) is 4.29. The van der Waals surface area contributed by atoms with Crippen LogP contribution in [-0.2, 0) is 14.3 Å². The number of carbonyl (C=O) groups is 2. The molecule has 0 aromatic heterocycles. The van der Waals surface area contributed by atoms with Crippen molar-refractivity contribution >= 4 is 30.5 Å². The van der Waals surface area contributed by atoms with Gasteiger partial charge < -0.3 is 30.6 Å². The van der Waals surface area contributed by atoms with Crippen molar-refractivity contribution in [1.82, 2.24) is 10.6 Å². The van der Waals surface area contributed by atoms with Crippen molar-refractivity contribution in [2.75, 3.05) is 27.2 Å². The number of hydrogen-bond acceptors (Lipinski definition) is 6. The SMILES string of the molecule is Cl.[2H]/C(=C(/[2H])C1([2H])C=C(OC([2H])([2H])[2H])CC([2H])(OC([2H])([2H])[2H])C1([2H])[2H])c1ccc(OC(=O)NCCNC(=O)C(N)C(C)C)cc1. The van der Waals surface area contributed by atoms with E-state index in [9.17, 15) is 9.59 Å². The van der Waals surface area contributed by atoms with Crippen LogP contribution in [0.3, 0.4) is 0 Å². The summed E-state index contributed by atoms with van der Waals surface area (Å²) in [5.74, 6) is -4.13. The van der Waals surface area contributed by atoms with Gasteiger partial charge in [0, 0.05) is 36.6 Å². The lowest BCUT2D eigenvalue weighted by Gasteiger charge is -2.25. The van der Waals surface area contributed by atoms with Gasteiger partial charge in [-0.05, 0) is 36.1 Å². The van der Waals surface area contributed by atoms with Gasteiger partial charge >= 0.3 is 6.09 Å². The van der Waals surface area contributed by atoms with E-state index < -0.39 is 68.8 Å². The number of hydrogen-bond donors (Lipinski definition) is 3. The number of amides is 2. The number of halogens is 1. The topological polar surface area (TPSA) is 112 Å². The number of nitrogens with one attached hydrogen (secondary N) is 2. The Kier molecular flexibility index (Phi) is 6.47. The van der Waals surface area contributed by atoms with Crippen molar-refractivity contribution in [3.05, 3.63) is 47.7 Å². The molecular formula is C24H36ClN3O5. The molecule has 0 heterocycles. The molecular weight excluding hydrogens is 446 g/mol. The number of rotatable bonds is 10. The molecule has 1 aliphatic rings. The Hall–Kier alpha value is -2.55. The first kappa shape index (κ1) is 14.7. The first-order valence-electron chi connectivity index (χ1n) is 15.8. The zero-order valence-electron chi connectivity index (χ0n) is 30.2. The minimum atomic E-state index is -3.34. The van der Waals surface area contributed by atoms with E-state index in [1.165, 1.54) is 24.3 Å². The molecule has 9 heteroatoms. The van der Waals surface area contributed by atoms with Crippen molar-refractivity contribution in [3.63, 3.8) is 0 Å². The fourth-order valence-corrected chi connectivity index (χ4v) is 2.46. The van der Waals surface area contributed by atoms with Crippen molar-refractivity contribution in [2.45, 2.75) is 38.8 Å². The largest absolute Gasteiger partial charge is 0.501 e. The molecule has 0 saturated carbocycles. The van der Waals surface area contributed by atoms with Crippen LogP contribution in [0.2, 0.25) is 0 Å². The Morgan fingerprint density at radius 2 is 2.03 bits per heavy atom. The van der Waals surface area contributed by atoms with Gasteiger partial charge in [0.05, 0.1) is 37.3 Å². The molecule has 0 fully saturated rings. The number of ether oxygens (including phenoxy) is 3. The molecule has 8 nitrogen and oxygen atoms in total. The molecule has 1 aromatic rings. The van der Waals surface area contributed by atoms with E-state index in [2.05, 4.69) is 10.6 Å². The number of nitrogens with two attached hydrogens (primary N) is 1. The summed E-state index contributed by atoms with van der Waals surface area (Å²) in [6, 6.07) is 2.45. The first-order chi connectivity index (χ1) is 19.9. The van der Waals surface area contributed by atoms with Gasteiger partial charge in [-0.2, -0.15) is 0 Å². The molecule has 0 aliphatic heterocycles. The molecule has 184 valence electrons. The maximum Gasteiger partial charge on any atom is 0.412 e. The van der Waals surface area contributed by atoms with Crippen LogP contribution in [0, 0.1) is 11.8 Å². The predicted molar refractivity (Wildman–Crippen MR) is 131 cm³/mol. The fourth-order valence-electron chi connectivity index (χ4n) is 2.46. The average molecular weight is 494 g/mol. The molecule has 4 N–H and O–H groups in total. The number of benzene rings is 1. The summed E-state index contributed by atoms with van der Waals surface area (Å²) in [5, 5.41) is 5.00. The molecule has 33 heavy (non-hydrogen) atoms. The zero-order chi connectivity index (χ0) is 33.9. The molecule has 2 amide bonds. The third kappa shape index (κ3) is 9.86. The lowest BCUT2D eigenvalue weighted by Crippen LogP contribution is -2.46. The Labute approximate surface area is 219 Å². The number of allylic oxidation sites excluding steroid dienone is 2. The molecule has 0 bridgehead atoms. The monoisotopic (exact) mass is 493 g/mol. The van der Waals surface area contributed by atoms with Gasteiger partial charge in [-0.1, -0.05) is 38.1 Å². The van der Waals surface area contributed by atoms with E-state index in [1.54, 1.807) is 13.8 Å². The highest BCUT2D eigenvalue weighted by molar-refractivity contribution is 5.85. The molecule has 2 rings (SSSR count). The summed E-state index contributed by atoms with van der Waals surface area (Å²) in [7, 11) is -6.46. The molecule has 3 unspecified atom stereocenters. The highest BCUT2D eigenvalue weighted by Crippen LogP contribution is 2.27. The summed E-state index contributed by atoms with van der Waals surface area (Å²) in [5.41, 5.74) is 5.68. The second kappa shape index (κ2) is 14.6. The second-order valence-electron chi connectivity index (χ2n) is 7.10. The van der Waals surface area contributed by atoms with Crippen LogP contribution in [-0.4, -0.2) is 51.3 Å². The molecule has 3 atom stereocenters. The Bertz CT molecular complexity index is 1270. The van der Waals surface area contributed by atoms with E-state index in [0.717, 1.165) is 0 Å². The highest BCUT2D eigenvalue weighted by atomic mass is 35.5. The van der Waals surface area contributed by atoms with Crippen LogP contribution in [0.25, 0.3) is 6.05 Å². The zero-order valence-corrected chi connectivity index (χ0v) is 19.0. The van der Waals surface area contributed by atoms with Gasteiger partial charge in [0.25, 0.3) is 0 Å². The summed E-state index contributed by atoms with van der Waals surface area (Å²) in [4.78, 5) is 23.9. The maximum atomic E-state index is 12.1. The second-order valence-corrected chi connectivity index (χ2v) is 7.10. The fraction of sp³-hybridized carbons (Fsp3) is 0.500. The third-order valence-electron chi connectivity index (χ3n) is 4.29. The van der Waals surface area contributed by atoms with E-state index >= 15 is 0 Å². The lowest BCUT2D eigenvalue weighted by atomic mass is 9.91. The van der Waals surface area contributed by atoms with Gasteiger partial charge in [-0.15, -0.1) is 12.4 Å². The predicted octanol–water partition coefficient (Wildman–Crippen LogP) is 3.26. The quantitative estimate of drug-likeness (QED) is 0.431. The van der Waals surface area contributed by atoms with Crippen LogP contribution in [0.4, 0.5) is 4.79 Å². The minimum Gasteiger partial charge on any atom is -0.501 e. The van der Waals surface area contributed by atoms with Crippen LogP contribution in [0.15, 0.2) is 42.2 Å². The summed E-state index contributed by atoms with van der Waals surface area (Å²) in [6.07, 6.45) is -7.68. The smallest absolute Gasteiger partial charge is 0.412 e. The summed E-state index contributed by atoms with van der Waals surface area (Å²) >= 11 is 0. The van der Waals surface area contributed by atoms with Crippen LogP contribution in [0.5, 0.6) is 5.75 Å². The van der Waals surface area contributed by atoms with Gasteiger partial charge in [0.1, 0.15) is 5.75 Å². The van der Waals surface area contributed by atoms with Gasteiger partial charge in [-0.3, -0.25) is 4.79 Å². The minimum absolute atomic E-state index is 0. The summed E-state index contributed by atoms with van der Waals surface area (Å²) in [6.45, 7) is 3.71. The van der Waals surface area contributed by atoms with Crippen molar-refractivity contribution in [2.24, 2.45) is 17.5 Å². The number of methoxy groups -OCH3 is 2. The maximum absolute atomic E-state index is 12.1. The molecule has 0 spiro atoms. The van der Waals surface area contributed by atoms with E-state index in [1.807, 2.05) is 0 Å². The first-order valence-corrected chi connectivity index (χ1v) is 9.81. The highest BCUT2D eigenvalue weighted by Gasteiger charge is 2.21. The van der Waals surface area contributed by atoms with Crippen molar-refractivity contribution < 1.29 is 40.2 Å². The van der Waals surface area contributed by atoms with Crippen LogP contribution in [0.1, 0.15) is 48.7 Å². The Morgan fingerprint density at radius 1 is 1.30 bits per heavy atom. The Balaban J connectivity index is 0.0000101. The number of carbonyl (C=O) groups excluding carboxylic acids is 2. The lowest BCUT2D eigenvalue weighted by molar-refractivity contribution is -0.123. The Morgan fingerprint density at radius 3 is 2.70 bits per heavy atom. The van der Waals surface area contributed by atoms with Gasteiger partial charge in [0.2, 0.25) is 5.91 Å². The molecule has 1 aliphatic carbocycles. The molecule has 0 radical (unpaired) electrons. The van der Waals surface area contributed by atoms with Gasteiger partial charge in [-0.25, -0.2) is 4.79 Å². The average Bonchev–Trinajstić information content (AvgIpc) is 2.86. The van der Waals surface area contributed by atoms with E-state index in [0.29, 0.717) is 6.08 Å².